The third kappa shape index (κ3) is 6.27. The predicted octanol–water partition coefficient (Wildman–Crippen LogP) is 2.88. The Balaban J connectivity index is 0.00000256. The molecular weight excluding hydrogens is 327 g/mol. The molecule has 0 aliphatic heterocycles. The van der Waals surface area contributed by atoms with Crippen molar-refractivity contribution in [3.63, 3.8) is 0 Å². The van der Waals surface area contributed by atoms with Crippen molar-refractivity contribution in [1.29, 1.82) is 0 Å². The van der Waals surface area contributed by atoms with Crippen molar-refractivity contribution in [3.05, 3.63) is 33.3 Å². The third-order valence-electron chi connectivity index (χ3n) is 2.00. The summed E-state index contributed by atoms with van der Waals surface area (Å²) in [6.45, 7) is 2.23. The zero-order chi connectivity index (χ0) is 12.1. The smallest absolute Gasteiger partial charge is 0.221 e. The van der Waals surface area contributed by atoms with Crippen molar-refractivity contribution in [2.45, 2.75) is 25.9 Å². The first-order chi connectivity index (χ1) is 7.49. The number of amides is 1. The molecular formula is C11H15BrCl2N2O. The lowest BCUT2D eigenvalue weighted by molar-refractivity contribution is -0.121. The van der Waals surface area contributed by atoms with Crippen molar-refractivity contribution in [2.75, 3.05) is 0 Å². The summed E-state index contributed by atoms with van der Waals surface area (Å²) in [5.41, 5.74) is 6.41. The normalized spacial score (nSPS) is 11.5. The summed E-state index contributed by atoms with van der Waals surface area (Å²) in [4.78, 5) is 11.4. The summed E-state index contributed by atoms with van der Waals surface area (Å²) >= 11 is 9.33. The Kier molecular flexibility index (Phi) is 7.79. The molecule has 0 saturated carbocycles. The summed E-state index contributed by atoms with van der Waals surface area (Å²) in [5, 5.41) is 3.41. The van der Waals surface area contributed by atoms with Crippen LogP contribution >= 0.6 is 39.9 Å². The maximum absolute atomic E-state index is 11.4. The fraction of sp³-hybridized carbons (Fsp3) is 0.364. The predicted molar refractivity (Wildman–Crippen MR) is 76.5 cm³/mol. The average Bonchev–Trinajstić information content (AvgIpc) is 2.15. The van der Waals surface area contributed by atoms with Crippen molar-refractivity contribution in [2.24, 2.45) is 5.73 Å². The van der Waals surface area contributed by atoms with Gasteiger partial charge in [0.2, 0.25) is 5.91 Å². The van der Waals surface area contributed by atoms with Crippen LogP contribution in [0.25, 0.3) is 0 Å². The lowest BCUT2D eigenvalue weighted by atomic mass is 10.2. The van der Waals surface area contributed by atoms with Gasteiger partial charge in [0.05, 0.1) is 0 Å². The van der Waals surface area contributed by atoms with Gasteiger partial charge in [0.1, 0.15) is 0 Å². The molecule has 17 heavy (non-hydrogen) atoms. The zero-order valence-corrected chi connectivity index (χ0v) is 12.5. The molecule has 0 spiro atoms. The molecule has 6 heteroatoms. The van der Waals surface area contributed by atoms with Gasteiger partial charge in [-0.1, -0.05) is 33.6 Å². The number of nitrogens with one attached hydrogen (secondary N) is 1. The maximum atomic E-state index is 11.4. The molecule has 0 aliphatic carbocycles. The largest absolute Gasteiger partial charge is 0.352 e. The SMILES string of the molecule is CC(N)CC(=O)NCc1ccc(Br)cc1Cl.Cl. The van der Waals surface area contributed by atoms with Crippen LogP contribution < -0.4 is 11.1 Å². The van der Waals surface area contributed by atoms with Crippen LogP contribution in [0.15, 0.2) is 22.7 Å². The van der Waals surface area contributed by atoms with Crippen molar-refractivity contribution < 1.29 is 4.79 Å². The van der Waals surface area contributed by atoms with Crippen molar-refractivity contribution >= 4 is 45.8 Å². The highest BCUT2D eigenvalue weighted by Crippen LogP contribution is 2.21. The van der Waals surface area contributed by atoms with Crippen LogP contribution in [-0.4, -0.2) is 11.9 Å². The number of carbonyl (C=O) groups excluding carboxylic acids is 1. The Morgan fingerprint density at radius 3 is 2.76 bits per heavy atom. The van der Waals surface area contributed by atoms with Crippen LogP contribution in [0.4, 0.5) is 0 Å². The van der Waals surface area contributed by atoms with Gasteiger partial charge in [0, 0.05) is 28.5 Å². The molecule has 1 aromatic rings. The van der Waals surface area contributed by atoms with Crippen LogP contribution in [0.3, 0.4) is 0 Å². The molecule has 0 heterocycles. The molecule has 0 bridgehead atoms. The number of carbonyl (C=O) groups is 1. The first-order valence-corrected chi connectivity index (χ1v) is 6.12. The summed E-state index contributed by atoms with van der Waals surface area (Å²) in [6.07, 6.45) is 0.328. The summed E-state index contributed by atoms with van der Waals surface area (Å²) in [6, 6.07) is 5.44. The Labute approximate surface area is 121 Å². The molecule has 0 aromatic heterocycles. The minimum atomic E-state index is -0.125. The molecule has 1 unspecified atom stereocenters. The summed E-state index contributed by atoms with van der Waals surface area (Å²) in [7, 11) is 0. The molecule has 1 rings (SSSR count). The van der Waals surface area contributed by atoms with Crippen LogP contribution in [0, 0.1) is 0 Å². The minimum absolute atomic E-state index is 0. The molecule has 1 aromatic carbocycles. The second-order valence-electron chi connectivity index (χ2n) is 3.69. The molecule has 3 nitrogen and oxygen atoms in total. The highest BCUT2D eigenvalue weighted by Gasteiger charge is 2.06. The first-order valence-electron chi connectivity index (χ1n) is 4.95. The molecule has 1 amide bonds. The van der Waals surface area contributed by atoms with E-state index < -0.39 is 0 Å². The molecule has 3 N–H and O–H groups in total. The van der Waals surface area contributed by atoms with Gasteiger partial charge in [0.25, 0.3) is 0 Å². The molecule has 0 aliphatic rings. The van der Waals surface area contributed by atoms with Gasteiger partial charge in [-0.05, 0) is 24.6 Å². The first kappa shape index (κ1) is 16.7. The van der Waals surface area contributed by atoms with E-state index in [1.54, 1.807) is 13.0 Å². The zero-order valence-electron chi connectivity index (χ0n) is 9.37. The van der Waals surface area contributed by atoms with Gasteiger partial charge in [-0.15, -0.1) is 12.4 Å². The van der Waals surface area contributed by atoms with Crippen LogP contribution in [0.2, 0.25) is 5.02 Å². The van der Waals surface area contributed by atoms with Crippen LogP contribution in [0.5, 0.6) is 0 Å². The van der Waals surface area contributed by atoms with Gasteiger partial charge in [0.15, 0.2) is 0 Å². The van der Waals surface area contributed by atoms with Gasteiger partial charge in [-0.25, -0.2) is 0 Å². The molecule has 0 radical (unpaired) electrons. The summed E-state index contributed by atoms with van der Waals surface area (Å²) in [5.74, 6) is -0.0611. The molecule has 1 atom stereocenters. The maximum Gasteiger partial charge on any atom is 0.221 e. The number of rotatable bonds is 4. The fourth-order valence-corrected chi connectivity index (χ4v) is 1.96. The van der Waals surface area contributed by atoms with Gasteiger partial charge < -0.3 is 11.1 Å². The average molecular weight is 342 g/mol. The topological polar surface area (TPSA) is 55.1 Å². The fourth-order valence-electron chi connectivity index (χ4n) is 1.22. The van der Waals surface area contributed by atoms with E-state index in [0.717, 1.165) is 10.0 Å². The number of nitrogens with two attached hydrogens (primary N) is 1. The van der Waals surface area contributed by atoms with E-state index in [-0.39, 0.29) is 24.4 Å². The lowest BCUT2D eigenvalue weighted by Crippen LogP contribution is -2.29. The quantitative estimate of drug-likeness (QED) is 0.884. The lowest BCUT2D eigenvalue weighted by Gasteiger charge is -2.08. The van der Waals surface area contributed by atoms with Crippen LogP contribution in [0.1, 0.15) is 18.9 Å². The Morgan fingerprint density at radius 1 is 1.59 bits per heavy atom. The summed E-state index contributed by atoms with van der Waals surface area (Å²) < 4.78 is 0.920. The number of halogens is 3. The van der Waals surface area contributed by atoms with Gasteiger partial charge in [-0.2, -0.15) is 0 Å². The van der Waals surface area contributed by atoms with Gasteiger partial charge >= 0.3 is 0 Å². The van der Waals surface area contributed by atoms with Crippen LogP contribution in [-0.2, 0) is 11.3 Å². The van der Waals surface area contributed by atoms with E-state index in [9.17, 15) is 4.79 Å². The second-order valence-corrected chi connectivity index (χ2v) is 5.02. The highest BCUT2D eigenvalue weighted by molar-refractivity contribution is 9.10. The molecule has 0 saturated heterocycles. The van der Waals surface area contributed by atoms with Gasteiger partial charge in [-0.3, -0.25) is 4.79 Å². The molecule has 96 valence electrons. The Hall–Kier alpha value is -0.290. The Bertz CT molecular complexity index is 386. The van der Waals surface area contributed by atoms with E-state index in [0.29, 0.717) is 18.0 Å². The third-order valence-corrected chi connectivity index (χ3v) is 2.84. The van der Waals surface area contributed by atoms with E-state index in [1.807, 2.05) is 12.1 Å². The monoisotopic (exact) mass is 340 g/mol. The standard InChI is InChI=1S/C11H14BrClN2O.ClH/c1-7(14)4-11(16)15-6-8-2-3-9(12)5-10(8)13;/h2-3,5,7H,4,6,14H2,1H3,(H,15,16);1H. The Morgan fingerprint density at radius 2 is 2.24 bits per heavy atom. The number of hydrogen-bond acceptors (Lipinski definition) is 2. The molecule has 0 fully saturated rings. The van der Waals surface area contributed by atoms with Crippen molar-refractivity contribution in [3.8, 4) is 0 Å². The van der Waals surface area contributed by atoms with E-state index in [2.05, 4.69) is 21.2 Å². The second kappa shape index (κ2) is 7.93. The van der Waals surface area contributed by atoms with E-state index >= 15 is 0 Å². The van der Waals surface area contributed by atoms with E-state index in [1.165, 1.54) is 0 Å². The van der Waals surface area contributed by atoms with E-state index in [4.69, 9.17) is 17.3 Å². The number of hydrogen-bond donors (Lipinski definition) is 2. The van der Waals surface area contributed by atoms with Crippen molar-refractivity contribution in [1.82, 2.24) is 5.32 Å². The minimum Gasteiger partial charge on any atom is -0.352 e. The highest BCUT2D eigenvalue weighted by atomic mass is 79.9. The number of benzene rings is 1.